The maximum Gasteiger partial charge on any atom is 0.248 e. The van der Waals surface area contributed by atoms with E-state index in [-0.39, 0.29) is 11.7 Å². The summed E-state index contributed by atoms with van der Waals surface area (Å²) in [6.45, 7) is 3.95. The van der Waals surface area contributed by atoms with E-state index in [4.69, 9.17) is 0 Å². The van der Waals surface area contributed by atoms with Crippen molar-refractivity contribution in [3.63, 3.8) is 0 Å². The molecule has 0 atom stereocenters. The zero-order valence-electron chi connectivity index (χ0n) is 11.8. The highest BCUT2D eigenvalue weighted by molar-refractivity contribution is 9.10. The summed E-state index contributed by atoms with van der Waals surface area (Å²) in [5, 5.41) is 2.81. The zero-order valence-corrected chi connectivity index (χ0v) is 13.4. The van der Waals surface area contributed by atoms with Gasteiger partial charge in [0, 0.05) is 16.2 Å². The van der Waals surface area contributed by atoms with Gasteiger partial charge in [0.05, 0.1) is 0 Å². The second-order valence-corrected chi connectivity index (χ2v) is 5.59. The van der Waals surface area contributed by atoms with Crippen LogP contribution in [0.2, 0.25) is 0 Å². The molecule has 0 saturated carbocycles. The SMILES string of the molecule is Cc1cc(NC(=O)/C=C/c2ccc(F)cc2)cc(C)c1Br. The predicted octanol–water partition coefficient (Wildman–Crippen LogP) is 4.86. The van der Waals surface area contributed by atoms with Gasteiger partial charge in [0.2, 0.25) is 5.91 Å². The van der Waals surface area contributed by atoms with Gasteiger partial charge in [0.1, 0.15) is 5.82 Å². The summed E-state index contributed by atoms with van der Waals surface area (Å²) in [5.41, 5.74) is 3.65. The van der Waals surface area contributed by atoms with E-state index in [0.29, 0.717) is 0 Å². The summed E-state index contributed by atoms with van der Waals surface area (Å²) < 4.78 is 13.8. The molecule has 2 rings (SSSR count). The van der Waals surface area contributed by atoms with E-state index in [2.05, 4.69) is 21.2 Å². The van der Waals surface area contributed by atoms with Crippen LogP contribution in [0.3, 0.4) is 0 Å². The van der Waals surface area contributed by atoms with E-state index in [9.17, 15) is 9.18 Å². The van der Waals surface area contributed by atoms with Gasteiger partial charge in [-0.05, 0) is 60.9 Å². The first-order valence-corrected chi connectivity index (χ1v) is 7.26. The fourth-order valence-electron chi connectivity index (χ4n) is 1.95. The summed E-state index contributed by atoms with van der Waals surface area (Å²) in [7, 11) is 0. The number of rotatable bonds is 3. The quantitative estimate of drug-likeness (QED) is 0.789. The minimum absolute atomic E-state index is 0.222. The van der Waals surface area contributed by atoms with Crippen molar-refractivity contribution in [3.8, 4) is 0 Å². The Morgan fingerprint density at radius 3 is 2.29 bits per heavy atom. The number of carbonyl (C=O) groups excluding carboxylic acids is 1. The second-order valence-electron chi connectivity index (χ2n) is 4.80. The Morgan fingerprint density at radius 1 is 1.14 bits per heavy atom. The van der Waals surface area contributed by atoms with E-state index >= 15 is 0 Å². The van der Waals surface area contributed by atoms with Crippen LogP contribution in [0.4, 0.5) is 10.1 Å². The molecule has 0 bridgehead atoms. The third-order valence-electron chi connectivity index (χ3n) is 3.00. The van der Waals surface area contributed by atoms with Gasteiger partial charge in [-0.3, -0.25) is 4.79 Å². The summed E-state index contributed by atoms with van der Waals surface area (Å²) in [6, 6.07) is 9.76. The average Bonchev–Trinajstić information content (AvgIpc) is 2.44. The van der Waals surface area contributed by atoms with Crippen LogP contribution in [0, 0.1) is 19.7 Å². The van der Waals surface area contributed by atoms with Gasteiger partial charge in [-0.25, -0.2) is 4.39 Å². The topological polar surface area (TPSA) is 29.1 Å². The molecule has 0 heterocycles. The molecule has 1 amide bonds. The van der Waals surface area contributed by atoms with Crippen LogP contribution in [0.25, 0.3) is 6.08 Å². The molecule has 21 heavy (non-hydrogen) atoms. The van der Waals surface area contributed by atoms with Crippen molar-refractivity contribution in [2.75, 3.05) is 5.32 Å². The summed E-state index contributed by atoms with van der Waals surface area (Å²) in [5.74, 6) is -0.516. The molecule has 2 aromatic carbocycles. The molecule has 0 saturated heterocycles. The molecule has 2 nitrogen and oxygen atoms in total. The van der Waals surface area contributed by atoms with Crippen LogP contribution in [0.1, 0.15) is 16.7 Å². The van der Waals surface area contributed by atoms with Gasteiger partial charge in [0.25, 0.3) is 0 Å². The van der Waals surface area contributed by atoms with Crippen molar-refractivity contribution < 1.29 is 9.18 Å². The van der Waals surface area contributed by atoms with Crippen molar-refractivity contribution in [2.45, 2.75) is 13.8 Å². The van der Waals surface area contributed by atoms with E-state index in [1.54, 1.807) is 18.2 Å². The number of anilines is 1. The van der Waals surface area contributed by atoms with Crippen LogP contribution in [-0.2, 0) is 4.79 Å². The van der Waals surface area contributed by atoms with Crippen LogP contribution in [0.5, 0.6) is 0 Å². The molecule has 2 aromatic rings. The summed E-state index contributed by atoms with van der Waals surface area (Å²) in [6.07, 6.45) is 3.08. The van der Waals surface area contributed by atoms with Crippen molar-refractivity contribution >= 4 is 33.6 Å². The number of halogens is 2. The van der Waals surface area contributed by atoms with E-state index in [0.717, 1.165) is 26.9 Å². The maximum absolute atomic E-state index is 12.8. The van der Waals surface area contributed by atoms with Crippen molar-refractivity contribution in [1.29, 1.82) is 0 Å². The molecular weight excluding hydrogens is 333 g/mol. The Morgan fingerprint density at radius 2 is 1.71 bits per heavy atom. The number of hydrogen-bond donors (Lipinski definition) is 1. The molecule has 0 unspecified atom stereocenters. The van der Waals surface area contributed by atoms with Crippen LogP contribution in [0.15, 0.2) is 46.9 Å². The van der Waals surface area contributed by atoms with Gasteiger partial charge < -0.3 is 5.32 Å². The highest BCUT2D eigenvalue weighted by atomic mass is 79.9. The Bertz CT molecular complexity index is 669. The van der Waals surface area contributed by atoms with Gasteiger partial charge in [-0.2, -0.15) is 0 Å². The fourth-order valence-corrected chi connectivity index (χ4v) is 2.18. The average molecular weight is 348 g/mol. The number of nitrogens with one attached hydrogen (secondary N) is 1. The van der Waals surface area contributed by atoms with Gasteiger partial charge in [-0.1, -0.05) is 28.1 Å². The molecule has 0 spiro atoms. The summed E-state index contributed by atoms with van der Waals surface area (Å²) in [4.78, 5) is 11.9. The Labute approximate surface area is 131 Å². The number of hydrogen-bond acceptors (Lipinski definition) is 1. The van der Waals surface area contributed by atoms with Gasteiger partial charge in [-0.15, -0.1) is 0 Å². The van der Waals surface area contributed by atoms with Crippen LogP contribution < -0.4 is 5.32 Å². The minimum Gasteiger partial charge on any atom is -0.322 e. The first-order chi connectivity index (χ1) is 9.95. The summed E-state index contributed by atoms with van der Waals surface area (Å²) >= 11 is 3.49. The van der Waals surface area contributed by atoms with E-state index in [1.165, 1.54) is 18.2 Å². The predicted molar refractivity (Wildman–Crippen MR) is 87.7 cm³/mol. The first-order valence-electron chi connectivity index (χ1n) is 6.47. The van der Waals surface area contributed by atoms with Gasteiger partial charge >= 0.3 is 0 Å². The molecule has 0 aromatic heterocycles. The van der Waals surface area contributed by atoms with Crippen molar-refractivity contribution in [3.05, 3.63) is 69.5 Å². The molecule has 0 aliphatic heterocycles. The Kier molecular flexibility index (Phi) is 4.91. The Balaban J connectivity index is 2.06. The second kappa shape index (κ2) is 6.68. The smallest absolute Gasteiger partial charge is 0.248 e. The third-order valence-corrected chi connectivity index (χ3v) is 4.25. The number of amides is 1. The fraction of sp³-hybridized carbons (Fsp3) is 0.118. The van der Waals surface area contributed by atoms with Crippen molar-refractivity contribution in [2.24, 2.45) is 0 Å². The minimum atomic E-state index is -0.294. The maximum atomic E-state index is 12.8. The molecular formula is C17H15BrFNO. The molecule has 0 aliphatic carbocycles. The van der Waals surface area contributed by atoms with E-state index < -0.39 is 0 Å². The normalized spacial score (nSPS) is 10.9. The lowest BCUT2D eigenvalue weighted by Gasteiger charge is -2.08. The lowest BCUT2D eigenvalue weighted by molar-refractivity contribution is -0.111. The first kappa shape index (κ1) is 15.4. The van der Waals surface area contributed by atoms with Gasteiger partial charge in [0.15, 0.2) is 0 Å². The number of benzene rings is 2. The lowest BCUT2D eigenvalue weighted by atomic mass is 10.1. The highest BCUT2D eigenvalue weighted by Crippen LogP contribution is 2.25. The number of carbonyl (C=O) groups is 1. The van der Waals surface area contributed by atoms with Crippen LogP contribution >= 0.6 is 15.9 Å². The molecule has 4 heteroatoms. The highest BCUT2D eigenvalue weighted by Gasteiger charge is 2.04. The zero-order chi connectivity index (χ0) is 15.4. The lowest BCUT2D eigenvalue weighted by Crippen LogP contribution is -2.08. The molecule has 0 aliphatic rings. The third kappa shape index (κ3) is 4.26. The largest absolute Gasteiger partial charge is 0.322 e. The van der Waals surface area contributed by atoms with Crippen molar-refractivity contribution in [1.82, 2.24) is 0 Å². The number of aryl methyl sites for hydroxylation is 2. The van der Waals surface area contributed by atoms with Crippen LogP contribution in [-0.4, -0.2) is 5.91 Å². The molecule has 0 fully saturated rings. The molecule has 108 valence electrons. The Hall–Kier alpha value is -1.94. The molecule has 0 radical (unpaired) electrons. The standard InChI is InChI=1S/C17H15BrFNO/c1-11-9-15(10-12(2)17(11)18)20-16(21)8-5-13-3-6-14(19)7-4-13/h3-10H,1-2H3,(H,20,21)/b8-5+. The van der Waals surface area contributed by atoms with E-state index in [1.807, 2.05) is 26.0 Å². The molecule has 1 N–H and O–H groups in total. The monoisotopic (exact) mass is 347 g/mol.